The first kappa shape index (κ1) is 15.1. The van der Waals surface area contributed by atoms with Crippen LogP contribution in [-0.4, -0.2) is 23.1 Å². The van der Waals surface area contributed by atoms with Crippen LogP contribution in [0.25, 0.3) is 0 Å². The number of nitrogens with one attached hydrogen (secondary N) is 2. The van der Waals surface area contributed by atoms with Gasteiger partial charge in [-0.2, -0.15) is 0 Å². The molecule has 2 rings (SSSR count). The summed E-state index contributed by atoms with van der Waals surface area (Å²) >= 11 is 0. The van der Waals surface area contributed by atoms with Crippen molar-refractivity contribution in [1.29, 1.82) is 0 Å². The van der Waals surface area contributed by atoms with Crippen LogP contribution < -0.4 is 10.6 Å². The van der Waals surface area contributed by atoms with Crippen molar-refractivity contribution in [2.45, 2.75) is 58.7 Å². The molecule has 2 N–H and O–H groups in total. The molecule has 20 heavy (non-hydrogen) atoms. The molecule has 0 saturated heterocycles. The SMILES string of the molecule is CC(C)CNCc1ccn(CC(=O)NC2CCCC2)c1. The number of hydrogen-bond acceptors (Lipinski definition) is 2. The van der Waals surface area contributed by atoms with E-state index in [1.165, 1.54) is 18.4 Å². The maximum absolute atomic E-state index is 11.9. The molecule has 0 spiro atoms. The third kappa shape index (κ3) is 5.00. The predicted octanol–water partition coefficient (Wildman–Crippen LogP) is 2.29. The molecule has 0 radical (unpaired) electrons. The third-order valence-corrected chi connectivity index (χ3v) is 3.74. The number of carbonyl (C=O) groups is 1. The number of aromatic nitrogens is 1. The topological polar surface area (TPSA) is 46.1 Å². The van der Waals surface area contributed by atoms with Crippen molar-refractivity contribution in [3.05, 3.63) is 24.0 Å². The third-order valence-electron chi connectivity index (χ3n) is 3.74. The normalized spacial score (nSPS) is 15.9. The largest absolute Gasteiger partial charge is 0.352 e. The quantitative estimate of drug-likeness (QED) is 0.803. The maximum Gasteiger partial charge on any atom is 0.240 e. The second-order valence-electron chi connectivity index (χ2n) is 6.27. The average Bonchev–Trinajstić information content (AvgIpc) is 3.01. The fraction of sp³-hybridized carbons (Fsp3) is 0.688. The van der Waals surface area contributed by atoms with Gasteiger partial charge in [-0.05, 0) is 36.9 Å². The second kappa shape index (κ2) is 7.48. The molecular formula is C16H27N3O. The Morgan fingerprint density at radius 2 is 2.15 bits per heavy atom. The number of carbonyl (C=O) groups excluding carboxylic acids is 1. The molecule has 1 aliphatic carbocycles. The van der Waals surface area contributed by atoms with Crippen LogP contribution >= 0.6 is 0 Å². The van der Waals surface area contributed by atoms with Gasteiger partial charge in [-0.3, -0.25) is 4.79 Å². The zero-order valence-corrected chi connectivity index (χ0v) is 12.7. The Morgan fingerprint density at radius 1 is 1.40 bits per heavy atom. The smallest absolute Gasteiger partial charge is 0.240 e. The van der Waals surface area contributed by atoms with Crippen LogP contribution in [0.2, 0.25) is 0 Å². The van der Waals surface area contributed by atoms with Gasteiger partial charge < -0.3 is 15.2 Å². The lowest BCUT2D eigenvalue weighted by Gasteiger charge is -2.12. The van der Waals surface area contributed by atoms with Crippen molar-refractivity contribution in [3.63, 3.8) is 0 Å². The van der Waals surface area contributed by atoms with Gasteiger partial charge in [0, 0.05) is 25.0 Å². The molecule has 1 aliphatic rings. The van der Waals surface area contributed by atoms with E-state index in [0.717, 1.165) is 25.9 Å². The number of rotatable bonds is 7. The fourth-order valence-corrected chi connectivity index (χ4v) is 2.71. The molecule has 0 aliphatic heterocycles. The molecule has 1 amide bonds. The molecule has 1 aromatic heterocycles. The van der Waals surface area contributed by atoms with E-state index in [4.69, 9.17) is 0 Å². The van der Waals surface area contributed by atoms with Crippen molar-refractivity contribution in [3.8, 4) is 0 Å². The zero-order chi connectivity index (χ0) is 14.4. The van der Waals surface area contributed by atoms with Crippen LogP contribution in [0.3, 0.4) is 0 Å². The van der Waals surface area contributed by atoms with Gasteiger partial charge in [0.2, 0.25) is 5.91 Å². The minimum Gasteiger partial charge on any atom is -0.352 e. The van der Waals surface area contributed by atoms with Crippen LogP contribution in [0, 0.1) is 5.92 Å². The van der Waals surface area contributed by atoms with E-state index in [2.05, 4.69) is 36.7 Å². The molecule has 0 aromatic carbocycles. The molecule has 112 valence electrons. The van der Waals surface area contributed by atoms with Gasteiger partial charge in [-0.1, -0.05) is 26.7 Å². The van der Waals surface area contributed by atoms with Gasteiger partial charge in [0.25, 0.3) is 0 Å². The van der Waals surface area contributed by atoms with Crippen molar-refractivity contribution < 1.29 is 4.79 Å². The number of nitrogens with zero attached hydrogens (tertiary/aromatic N) is 1. The van der Waals surface area contributed by atoms with Crippen LogP contribution in [0.4, 0.5) is 0 Å². The minimum atomic E-state index is 0.134. The summed E-state index contributed by atoms with van der Waals surface area (Å²) < 4.78 is 1.97. The van der Waals surface area contributed by atoms with E-state index in [1.54, 1.807) is 0 Å². The van der Waals surface area contributed by atoms with Gasteiger partial charge in [0.05, 0.1) is 0 Å². The number of hydrogen-bond donors (Lipinski definition) is 2. The van der Waals surface area contributed by atoms with E-state index in [9.17, 15) is 4.79 Å². The minimum absolute atomic E-state index is 0.134. The molecule has 4 nitrogen and oxygen atoms in total. The van der Waals surface area contributed by atoms with Gasteiger partial charge in [-0.25, -0.2) is 0 Å². The summed E-state index contributed by atoms with van der Waals surface area (Å²) in [6.07, 6.45) is 8.83. The molecule has 1 fully saturated rings. The molecule has 4 heteroatoms. The van der Waals surface area contributed by atoms with Gasteiger partial charge in [0.1, 0.15) is 6.54 Å². The highest BCUT2D eigenvalue weighted by molar-refractivity contribution is 5.76. The second-order valence-corrected chi connectivity index (χ2v) is 6.27. The van der Waals surface area contributed by atoms with Crippen molar-refractivity contribution in [2.24, 2.45) is 5.92 Å². The lowest BCUT2D eigenvalue weighted by Crippen LogP contribution is -2.34. The summed E-state index contributed by atoms with van der Waals surface area (Å²) in [5, 5.41) is 6.53. The van der Waals surface area contributed by atoms with E-state index in [1.807, 2.05) is 10.8 Å². The Hall–Kier alpha value is -1.29. The summed E-state index contributed by atoms with van der Waals surface area (Å²) in [5.74, 6) is 0.795. The van der Waals surface area contributed by atoms with Crippen LogP contribution in [0.5, 0.6) is 0 Å². The van der Waals surface area contributed by atoms with Gasteiger partial charge >= 0.3 is 0 Å². The van der Waals surface area contributed by atoms with Gasteiger partial charge in [-0.15, -0.1) is 0 Å². The maximum atomic E-state index is 11.9. The standard InChI is InChI=1S/C16H27N3O/c1-13(2)9-17-10-14-7-8-19(11-14)12-16(20)18-15-5-3-4-6-15/h7-8,11,13,15,17H,3-6,9-10,12H2,1-2H3,(H,18,20). The van der Waals surface area contributed by atoms with E-state index < -0.39 is 0 Å². The molecule has 1 aromatic rings. The first-order chi connectivity index (χ1) is 9.63. The lowest BCUT2D eigenvalue weighted by atomic mass is 10.2. The molecule has 1 saturated carbocycles. The van der Waals surface area contributed by atoms with Crippen LogP contribution in [0.1, 0.15) is 45.1 Å². The Balaban J connectivity index is 1.72. The first-order valence-corrected chi connectivity index (χ1v) is 7.78. The van der Waals surface area contributed by atoms with E-state index >= 15 is 0 Å². The summed E-state index contributed by atoms with van der Waals surface area (Å²) in [7, 11) is 0. The summed E-state index contributed by atoms with van der Waals surface area (Å²) in [6, 6.07) is 2.49. The Morgan fingerprint density at radius 3 is 2.85 bits per heavy atom. The monoisotopic (exact) mass is 277 g/mol. The highest BCUT2D eigenvalue weighted by Crippen LogP contribution is 2.17. The van der Waals surface area contributed by atoms with Crippen molar-refractivity contribution in [2.75, 3.05) is 6.54 Å². The van der Waals surface area contributed by atoms with Crippen LogP contribution in [-0.2, 0) is 17.9 Å². The lowest BCUT2D eigenvalue weighted by molar-refractivity contribution is -0.122. The number of amides is 1. The fourth-order valence-electron chi connectivity index (χ4n) is 2.71. The average molecular weight is 277 g/mol. The Kier molecular flexibility index (Phi) is 5.65. The highest BCUT2D eigenvalue weighted by Gasteiger charge is 2.16. The van der Waals surface area contributed by atoms with Crippen molar-refractivity contribution >= 4 is 5.91 Å². The van der Waals surface area contributed by atoms with Gasteiger partial charge in [0.15, 0.2) is 0 Å². The highest BCUT2D eigenvalue weighted by atomic mass is 16.2. The first-order valence-electron chi connectivity index (χ1n) is 7.78. The van der Waals surface area contributed by atoms with E-state index in [0.29, 0.717) is 18.5 Å². The summed E-state index contributed by atoms with van der Waals surface area (Å²) in [5.41, 5.74) is 1.24. The molecule has 0 atom stereocenters. The van der Waals surface area contributed by atoms with Crippen LogP contribution in [0.15, 0.2) is 18.5 Å². The van der Waals surface area contributed by atoms with Crippen molar-refractivity contribution in [1.82, 2.24) is 15.2 Å². The zero-order valence-electron chi connectivity index (χ0n) is 12.7. The molecule has 1 heterocycles. The summed E-state index contributed by atoms with van der Waals surface area (Å²) in [6.45, 7) is 6.72. The predicted molar refractivity (Wildman–Crippen MR) is 81.4 cm³/mol. The molecule has 0 unspecified atom stereocenters. The molecular weight excluding hydrogens is 250 g/mol. The van der Waals surface area contributed by atoms with E-state index in [-0.39, 0.29) is 5.91 Å². The Labute approximate surface area is 121 Å². The Bertz CT molecular complexity index is 419. The molecule has 0 bridgehead atoms. The summed E-state index contributed by atoms with van der Waals surface area (Å²) in [4.78, 5) is 11.9.